The van der Waals surface area contributed by atoms with Crippen molar-refractivity contribution in [2.24, 2.45) is 0 Å². The van der Waals surface area contributed by atoms with Crippen molar-refractivity contribution in [2.75, 3.05) is 0 Å². The minimum Gasteiger partial charge on any atom is -0.199 e. The molecular formula is C7H7Br2Zn-. The SMILES string of the molecule is Br.[CH2-]c1ccc(Br)cc1.[Zn]. The third-order valence-electron chi connectivity index (χ3n) is 0.913. The quantitative estimate of drug-likeness (QED) is 0.509. The minimum atomic E-state index is 0. The van der Waals surface area contributed by atoms with Crippen LogP contribution in [0.2, 0.25) is 0 Å². The van der Waals surface area contributed by atoms with Gasteiger partial charge in [0.1, 0.15) is 0 Å². The van der Waals surface area contributed by atoms with E-state index in [1.165, 1.54) is 0 Å². The fourth-order valence-electron chi connectivity index (χ4n) is 0.484. The zero-order valence-corrected chi connectivity index (χ0v) is 11.8. The Kier molecular flexibility index (Phi) is 8.48. The molecule has 0 aliphatic heterocycles. The Morgan fingerprint density at radius 3 is 1.80 bits per heavy atom. The maximum absolute atomic E-state index is 3.74. The van der Waals surface area contributed by atoms with Crippen molar-refractivity contribution in [3.63, 3.8) is 0 Å². The monoisotopic (exact) mass is 313 g/mol. The van der Waals surface area contributed by atoms with Gasteiger partial charge in [-0.2, -0.15) is 24.6 Å². The summed E-state index contributed by atoms with van der Waals surface area (Å²) in [6.45, 7) is 3.74. The number of benzene rings is 1. The summed E-state index contributed by atoms with van der Waals surface area (Å²) in [6.07, 6.45) is 0. The van der Waals surface area contributed by atoms with Crippen molar-refractivity contribution in [1.29, 1.82) is 0 Å². The average molecular weight is 316 g/mol. The van der Waals surface area contributed by atoms with Gasteiger partial charge in [-0.3, -0.25) is 0 Å². The van der Waals surface area contributed by atoms with E-state index >= 15 is 0 Å². The standard InChI is InChI=1S/C7H6Br.BrH.Zn/c1-6-2-4-7(8)5-3-6;;/h2-5H,1H2;1H;/q-1;;. The first-order valence-electron chi connectivity index (χ1n) is 2.36. The smallest absolute Gasteiger partial charge is 0 e. The van der Waals surface area contributed by atoms with Gasteiger partial charge in [-0.15, -0.1) is 29.1 Å². The van der Waals surface area contributed by atoms with E-state index in [-0.39, 0.29) is 36.5 Å². The van der Waals surface area contributed by atoms with Crippen LogP contribution in [0.4, 0.5) is 0 Å². The molecule has 1 rings (SSSR count). The van der Waals surface area contributed by atoms with E-state index in [2.05, 4.69) is 22.9 Å². The average Bonchev–Trinajstić information content (AvgIpc) is 1.77. The second kappa shape index (κ2) is 6.39. The van der Waals surface area contributed by atoms with Gasteiger partial charge in [-0.25, -0.2) is 0 Å². The Labute approximate surface area is 93.1 Å². The summed E-state index contributed by atoms with van der Waals surface area (Å²) >= 11 is 3.32. The molecule has 52 valence electrons. The predicted molar refractivity (Wildman–Crippen MR) is 48.9 cm³/mol. The molecule has 0 spiro atoms. The first-order valence-corrected chi connectivity index (χ1v) is 3.16. The summed E-state index contributed by atoms with van der Waals surface area (Å²) in [5.74, 6) is 0. The van der Waals surface area contributed by atoms with Crippen LogP contribution in [-0.4, -0.2) is 0 Å². The summed E-state index contributed by atoms with van der Waals surface area (Å²) in [7, 11) is 0. The molecule has 0 nitrogen and oxygen atoms in total. The van der Waals surface area contributed by atoms with Crippen LogP contribution in [0.3, 0.4) is 0 Å². The summed E-state index contributed by atoms with van der Waals surface area (Å²) in [6, 6.07) is 7.87. The van der Waals surface area contributed by atoms with Gasteiger partial charge in [0, 0.05) is 19.5 Å². The van der Waals surface area contributed by atoms with Gasteiger partial charge in [0.25, 0.3) is 0 Å². The van der Waals surface area contributed by atoms with Crippen molar-refractivity contribution in [3.05, 3.63) is 41.2 Å². The van der Waals surface area contributed by atoms with Gasteiger partial charge < -0.3 is 0 Å². The second-order valence-corrected chi connectivity index (χ2v) is 2.54. The molecule has 0 aliphatic carbocycles. The third kappa shape index (κ3) is 4.48. The van der Waals surface area contributed by atoms with Gasteiger partial charge in [0.05, 0.1) is 0 Å². The van der Waals surface area contributed by atoms with Gasteiger partial charge in [-0.05, 0) is 4.47 Å². The molecule has 0 aliphatic rings. The first-order chi connectivity index (χ1) is 3.79. The Balaban J connectivity index is 0. The van der Waals surface area contributed by atoms with Crippen LogP contribution in [0.15, 0.2) is 28.7 Å². The zero-order valence-electron chi connectivity index (χ0n) is 5.51. The molecular weight excluding hydrogens is 309 g/mol. The maximum Gasteiger partial charge on any atom is 0 e. The van der Waals surface area contributed by atoms with E-state index in [1.54, 1.807) is 0 Å². The van der Waals surface area contributed by atoms with Gasteiger partial charge >= 0.3 is 0 Å². The van der Waals surface area contributed by atoms with Crippen LogP contribution < -0.4 is 0 Å². The molecule has 0 atom stereocenters. The Morgan fingerprint density at radius 1 is 1.10 bits per heavy atom. The maximum atomic E-state index is 3.74. The largest absolute Gasteiger partial charge is 0.199 e. The van der Waals surface area contributed by atoms with Crippen molar-refractivity contribution in [1.82, 2.24) is 0 Å². The van der Waals surface area contributed by atoms with Crippen LogP contribution in [0.1, 0.15) is 5.56 Å². The van der Waals surface area contributed by atoms with Crippen LogP contribution in [0.5, 0.6) is 0 Å². The molecule has 0 bridgehead atoms. The molecule has 0 N–H and O–H groups in total. The molecule has 10 heavy (non-hydrogen) atoms. The molecule has 1 aromatic rings. The third-order valence-corrected chi connectivity index (χ3v) is 1.44. The fourth-order valence-corrected chi connectivity index (χ4v) is 0.749. The predicted octanol–water partition coefficient (Wildman–Crippen LogP) is 3.21. The number of halogens is 2. The van der Waals surface area contributed by atoms with E-state index in [0.29, 0.717) is 0 Å². The number of hydrogen-bond donors (Lipinski definition) is 0. The first kappa shape index (κ1) is 13.3. The van der Waals surface area contributed by atoms with Gasteiger partial charge in [-0.1, -0.05) is 15.9 Å². The van der Waals surface area contributed by atoms with Crippen molar-refractivity contribution in [2.45, 2.75) is 0 Å². The molecule has 0 aromatic heterocycles. The summed E-state index contributed by atoms with van der Waals surface area (Å²) in [5.41, 5.74) is 1.05. The van der Waals surface area contributed by atoms with E-state index in [4.69, 9.17) is 0 Å². The summed E-state index contributed by atoms with van der Waals surface area (Å²) in [5, 5.41) is 0. The fraction of sp³-hybridized carbons (Fsp3) is 0. The molecule has 0 heterocycles. The Hall–Kier alpha value is 0.673. The van der Waals surface area contributed by atoms with Crippen LogP contribution in [-0.2, 0) is 19.5 Å². The number of hydrogen-bond acceptors (Lipinski definition) is 0. The van der Waals surface area contributed by atoms with Gasteiger partial charge in [0.2, 0.25) is 0 Å². The van der Waals surface area contributed by atoms with Crippen molar-refractivity contribution < 1.29 is 19.5 Å². The van der Waals surface area contributed by atoms with Crippen LogP contribution >= 0.6 is 32.9 Å². The van der Waals surface area contributed by atoms with Crippen LogP contribution in [0, 0.1) is 6.92 Å². The minimum absolute atomic E-state index is 0. The van der Waals surface area contributed by atoms with Crippen molar-refractivity contribution in [3.8, 4) is 0 Å². The van der Waals surface area contributed by atoms with E-state index in [0.717, 1.165) is 10.0 Å². The van der Waals surface area contributed by atoms with E-state index in [1.807, 2.05) is 24.3 Å². The number of rotatable bonds is 0. The normalized spacial score (nSPS) is 7.30. The molecule has 3 heteroatoms. The second-order valence-electron chi connectivity index (χ2n) is 1.63. The van der Waals surface area contributed by atoms with Gasteiger partial charge in [0.15, 0.2) is 0 Å². The Morgan fingerprint density at radius 2 is 1.50 bits per heavy atom. The topological polar surface area (TPSA) is 0 Å². The molecule has 1 aromatic carbocycles. The zero-order chi connectivity index (χ0) is 5.98. The Bertz CT molecular complexity index is 150. The summed E-state index contributed by atoms with van der Waals surface area (Å²) < 4.78 is 1.10. The molecule has 0 radical (unpaired) electrons. The molecule has 0 saturated carbocycles. The van der Waals surface area contributed by atoms with E-state index in [9.17, 15) is 0 Å². The van der Waals surface area contributed by atoms with Crippen molar-refractivity contribution >= 4 is 32.9 Å². The molecule has 0 amide bonds. The molecule has 0 fully saturated rings. The van der Waals surface area contributed by atoms with E-state index < -0.39 is 0 Å². The molecule has 0 unspecified atom stereocenters. The molecule has 0 saturated heterocycles. The summed E-state index contributed by atoms with van der Waals surface area (Å²) in [4.78, 5) is 0. The van der Waals surface area contributed by atoms with Crippen LogP contribution in [0.25, 0.3) is 0 Å².